The second kappa shape index (κ2) is 12.3. The van der Waals surface area contributed by atoms with Crippen molar-refractivity contribution < 1.29 is 0 Å². The second-order valence-electron chi connectivity index (χ2n) is 15.5. The van der Waals surface area contributed by atoms with Crippen molar-refractivity contribution in [2.24, 2.45) is 0 Å². The van der Waals surface area contributed by atoms with E-state index in [1.807, 2.05) is 18.2 Å². The molecule has 0 atom stereocenters. The summed E-state index contributed by atoms with van der Waals surface area (Å²) >= 11 is 0. The number of fused-ring (bicyclic) bond motifs is 5. The van der Waals surface area contributed by atoms with Crippen LogP contribution in [0.3, 0.4) is 0 Å². The zero-order chi connectivity index (χ0) is 38.6. The highest BCUT2D eigenvalue weighted by molar-refractivity contribution is 6.37. The van der Waals surface area contributed by atoms with Crippen LogP contribution < -0.4 is 0 Å². The number of nitrogens with zero attached hydrogens (tertiary/aromatic N) is 4. The molecule has 0 aliphatic rings. The summed E-state index contributed by atoms with van der Waals surface area (Å²) in [5.74, 6) is 1.89. The lowest BCUT2D eigenvalue weighted by molar-refractivity contribution is 1.07. The van der Waals surface area contributed by atoms with Crippen LogP contribution in [0.15, 0.2) is 194 Å². The van der Waals surface area contributed by atoms with Gasteiger partial charge in [0.25, 0.3) is 0 Å². The summed E-state index contributed by atoms with van der Waals surface area (Å²) in [6.45, 7) is 0. The lowest BCUT2D eigenvalue weighted by Gasteiger charge is -2.17. The zero-order valence-electron chi connectivity index (χ0n) is 31.8. The molecule has 13 rings (SSSR count). The predicted molar refractivity (Wildman–Crippen MR) is 247 cm³/mol. The van der Waals surface area contributed by atoms with Gasteiger partial charge in [-0.15, -0.1) is 0 Å². The molecule has 4 nitrogen and oxygen atoms in total. The Morgan fingerprint density at radius 1 is 0.305 bits per heavy atom. The Morgan fingerprint density at radius 3 is 1.47 bits per heavy atom. The van der Waals surface area contributed by atoms with Crippen LogP contribution in [0.4, 0.5) is 0 Å². The molecule has 0 saturated carbocycles. The molecule has 0 unspecified atom stereocenters. The summed E-state index contributed by atoms with van der Waals surface area (Å²) in [5.41, 5.74) is 6.11. The number of benzene rings is 10. The van der Waals surface area contributed by atoms with Gasteiger partial charge in [-0.3, -0.25) is 0 Å². The molecule has 13 aromatic rings. The third-order valence-corrected chi connectivity index (χ3v) is 12.3. The fraction of sp³-hybridized carbons (Fsp3) is 0. The van der Waals surface area contributed by atoms with Crippen molar-refractivity contribution in [3.63, 3.8) is 0 Å². The summed E-state index contributed by atoms with van der Waals surface area (Å²) in [5, 5.41) is 17.2. The second-order valence-corrected chi connectivity index (χ2v) is 15.5. The Bertz CT molecular complexity index is 3820. The standard InChI is InChI=1S/C55H32N4/c1-3-13-36(14-4-1)53-56-54(58-55(57-53)45-25-12-24-44-40-20-7-8-26-47(40)59(52(44)45)39-18-5-2-6-19-39)38-31-37-30-29-35-16-10-22-42-41-21-9-15-33-27-28-34-17-11-23-43(50(34)48(33)41)46(32-38)51(37)49(35)42/h1-32H. The minimum atomic E-state index is 0.629. The van der Waals surface area contributed by atoms with Crippen molar-refractivity contribution in [1.82, 2.24) is 19.5 Å². The molecule has 2 heterocycles. The van der Waals surface area contributed by atoms with Gasteiger partial charge in [0.1, 0.15) is 0 Å². The third kappa shape index (κ3) is 4.69. The van der Waals surface area contributed by atoms with Crippen molar-refractivity contribution in [3.8, 4) is 39.9 Å². The van der Waals surface area contributed by atoms with Gasteiger partial charge in [0.15, 0.2) is 17.5 Å². The molecule has 2 aromatic heterocycles. The first kappa shape index (κ1) is 32.2. The first-order valence-corrected chi connectivity index (χ1v) is 20.1. The van der Waals surface area contributed by atoms with Crippen LogP contribution in [0.25, 0.3) is 126 Å². The Labute approximate surface area is 338 Å². The highest BCUT2D eigenvalue weighted by Crippen LogP contribution is 2.45. The average Bonchev–Trinajstić information content (AvgIpc) is 3.65. The number of rotatable bonds is 4. The van der Waals surface area contributed by atoms with E-state index in [1.54, 1.807) is 0 Å². The molecular formula is C55H32N4. The van der Waals surface area contributed by atoms with E-state index in [2.05, 4.69) is 180 Å². The van der Waals surface area contributed by atoms with Crippen LogP contribution in [0.1, 0.15) is 0 Å². The van der Waals surface area contributed by atoms with Crippen molar-refractivity contribution >= 4 is 86.4 Å². The molecule has 0 radical (unpaired) electrons. The topological polar surface area (TPSA) is 43.6 Å². The van der Waals surface area contributed by atoms with Crippen LogP contribution in [-0.4, -0.2) is 19.5 Å². The monoisotopic (exact) mass is 748 g/mol. The maximum atomic E-state index is 5.44. The summed E-state index contributed by atoms with van der Waals surface area (Å²) in [6.07, 6.45) is 0. The Hall–Kier alpha value is -7.95. The van der Waals surface area contributed by atoms with E-state index in [0.717, 1.165) is 44.2 Å². The summed E-state index contributed by atoms with van der Waals surface area (Å²) in [4.78, 5) is 16.0. The summed E-state index contributed by atoms with van der Waals surface area (Å²) < 4.78 is 2.35. The minimum absolute atomic E-state index is 0.629. The maximum absolute atomic E-state index is 5.44. The minimum Gasteiger partial charge on any atom is -0.309 e. The van der Waals surface area contributed by atoms with Gasteiger partial charge in [0.05, 0.1) is 11.0 Å². The zero-order valence-corrected chi connectivity index (χ0v) is 31.8. The van der Waals surface area contributed by atoms with Gasteiger partial charge in [-0.25, -0.2) is 15.0 Å². The first-order chi connectivity index (χ1) is 29.3. The molecule has 272 valence electrons. The molecule has 0 bridgehead atoms. The number of para-hydroxylation sites is 3. The summed E-state index contributed by atoms with van der Waals surface area (Å²) in [6, 6.07) is 69.8. The quantitative estimate of drug-likeness (QED) is 0.168. The average molecular weight is 749 g/mol. The molecule has 11 aromatic carbocycles. The van der Waals surface area contributed by atoms with E-state index in [1.165, 1.54) is 64.6 Å². The van der Waals surface area contributed by atoms with Gasteiger partial charge in [-0.1, -0.05) is 158 Å². The molecule has 0 N–H and O–H groups in total. The van der Waals surface area contributed by atoms with E-state index in [4.69, 9.17) is 15.0 Å². The van der Waals surface area contributed by atoms with Crippen molar-refractivity contribution in [3.05, 3.63) is 194 Å². The molecule has 0 amide bonds. The molecule has 0 aliphatic carbocycles. The van der Waals surface area contributed by atoms with E-state index in [0.29, 0.717) is 17.5 Å². The molecular weight excluding hydrogens is 717 g/mol. The van der Waals surface area contributed by atoms with Gasteiger partial charge < -0.3 is 4.57 Å². The third-order valence-electron chi connectivity index (χ3n) is 12.3. The SMILES string of the molecule is c1ccc(-c2nc(-c3cc4ccc5cccc6c7cccc8ccc9cccc(c(c3)c4c56)c9c87)nc(-c3cccc4c5ccccc5n(-c5ccccc5)c34)n2)cc1. The molecule has 0 aliphatic heterocycles. The number of hydrogen-bond donors (Lipinski definition) is 0. The molecule has 0 saturated heterocycles. The van der Waals surface area contributed by atoms with Gasteiger partial charge in [0, 0.05) is 33.2 Å². The van der Waals surface area contributed by atoms with E-state index >= 15 is 0 Å². The van der Waals surface area contributed by atoms with Crippen molar-refractivity contribution in [2.45, 2.75) is 0 Å². The van der Waals surface area contributed by atoms with Crippen molar-refractivity contribution in [2.75, 3.05) is 0 Å². The summed E-state index contributed by atoms with van der Waals surface area (Å²) in [7, 11) is 0. The van der Waals surface area contributed by atoms with Crippen molar-refractivity contribution in [1.29, 1.82) is 0 Å². The van der Waals surface area contributed by atoms with Crippen LogP contribution in [0.2, 0.25) is 0 Å². The van der Waals surface area contributed by atoms with E-state index in [-0.39, 0.29) is 0 Å². The largest absolute Gasteiger partial charge is 0.309 e. The molecule has 4 heteroatoms. The molecule has 0 spiro atoms. The Balaban J connectivity index is 1.17. The Kier molecular flexibility index (Phi) is 6.69. The van der Waals surface area contributed by atoms with Crippen LogP contribution in [0, 0.1) is 0 Å². The normalized spacial score (nSPS) is 12.1. The lowest BCUT2D eigenvalue weighted by Crippen LogP contribution is -2.02. The highest BCUT2D eigenvalue weighted by atomic mass is 15.0. The highest BCUT2D eigenvalue weighted by Gasteiger charge is 2.22. The predicted octanol–water partition coefficient (Wildman–Crippen LogP) is 14.3. The molecule has 0 fully saturated rings. The van der Waals surface area contributed by atoms with E-state index in [9.17, 15) is 0 Å². The van der Waals surface area contributed by atoms with Gasteiger partial charge in [-0.2, -0.15) is 0 Å². The number of aromatic nitrogens is 4. The van der Waals surface area contributed by atoms with Gasteiger partial charge in [-0.05, 0) is 101 Å². The number of hydrogen-bond acceptors (Lipinski definition) is 3. The fourth-order valence-electron chi connectivity index (χ4n) is 9.80. The van der Waals surface area contributed by atoms with Crippen LogP contribution in [0.5, 0.6) is 0 Å². The van der Waals surface area contributed by atoms with Crippen LogP contribution in [-0.2, 0) is 0 Å². The first-order valence-electron chi connectivity index (χ1n) is 20.1. The van der Waals surface area contributed by atoms with Gasteiger partial charge >= 0.3 is 0 Å². The van der Waals surface area contributed by atoms with Gasteiger partial charge in [0.2, 0.25) is 0 Å². The fourth-order valence-corrected chi connectivity index (χ4v) is 9.80. The Morgan fingerprint density at radius 2 is 0.797 bits per heavy atom. The smallest absolute Gasteiger partial charge is 0.166 e. The van der Waals surface area contributed by atoms with Crippen LogP contribution >= 0.6 is 0 Å². The lowest BCUT2D eigenvalue weighted by atomic mass is 9.87. The maximum Gasteiger partial charge on any atom is 0.166 e. The molecule has 59 heavy (non-hydrogen) atoms. The van der Waals surface area contributed by atoms with E-state index < -0.39 is 0 Å².